The van der Waals surface area contributed by atoms with Crippen LogP contribution in [0, 0.1) is 0 Å². The molecule has 0 spiro atoms. The second-order valence-corrected chi connectivity index (χ2v) is 5.80. The Kier molecular flexibility index (Phi) is 5.90. The third-order valence-corrected chi connectivity index (χ3v) is 3.75. The number of halogens is 1. The SMILES string of the molecule is CON(C)C(=O)c1ccc(Br)cc1NC(=O)Cc1ccccc1. The van der Waals surface area contributed by atoms with Crippen LogP contribution in [0.5, 0.6) is 0 Å². The summed E-state index contributed by atoms with van der Waals surface area (Å²) in [6.45, 7) is 0. The zero-order chi connectivity index (χ0) is 16.8. The lowest BCUT2D eigenvalue weighted by molar-refractivity contribution is -0.115. The Bertz CT molecular complexity index is 704. The Morgan fingerprint density at radius 2 is 1.87 bits per heavy atom. The number of amides is 2. The van der Waals surface area contributed by atoms with Crippen LogP contribution in [0.3, 0.4) is 0 Å². The molecule has 0 aliphatic heterocycles. The molecule has 6 heteroatoms. The first-order chi connectivity index (χ1) is 11.0. The fourth-order valence-corrected chi connectivity index (χ4v) is 2.40. The zero-order valence-electron chi connectivity index (χ0n) is 12.9. The Morgan fingerprint density at radius 1 is 1.17 bits per heavy atom. The molecular weight excluding hydrogens is 360 g/mol. The van der Waals surface area contributed by atoms with E-state index in [1.807, 2.05) is 30.3 Å². The summed E-state index contributed by atoms with van der Waals surface area (Å²) in [5.74, 6) is -0.529. The van der Waals surface area contributed by atoms with Gasteiger partial charge in [-0.25, -0.2) is 5.06 Å². The van der Waals surface area contributed by atoms with E-state index in [2.05, 4.69) is 21.2 Å². The van der Waals surface area contributed by atoms with Gasteiger partial charge in [-0.2, -0.15) is 0 Å². The summed E-state index contributed by atoms with van der Waals surface area (Å²) in [6.07, 6.45) is 0.237. The standard InChI is InChI=1S/C17H17BrN2O3/c1-20(23-2)17(22)14-9-8-13(18)11-15(14)19-16(21)10-12-6-4-3-5-7-12/h3-9,11H,10H2,1-2H3,(H,19,21). The van der Waals surface area contributed by atoms with Gasteiger partial charge in [-0.05, 0) is 23.8 Å². The number of anilines is 1. The van der Waals surface area contributed by atoms with E-state index in [4.69, 9.17) is 4.84 Å². The van der Waals surface area contributed by atoms with Gasteiger partial charge >= 0.3 is 0 Å². The molecule has 0 saturated heterocycles. The number of rotatable bonds is 5. The van der Waals surface area contributed by atoms with Crippen LogP contribution in [0.25, 0.3) is 0 Å². The number of hydrogen-bond donors (Lipinski definition) is 1. The second kappa shape index (κ2) is 7.89. The predicted molar refractivity (Wildman–Crippen MR) is 92.0 cm³/mol. The summed E-state index contributed by atoms with van der Waals surface area (Å²) in [4.78, 5) is 29.4. The summed E-state index contributed by atoms with van der Waals surface area (Å²) in [7, 11) is 2.92. The van der Waals surface area contributed by atoms with Crippen molar-refractivity contribution in [1.82, 2.24) is 5.06 Å². The minimum Gasteiger partial charge on any atom is -0.325 e. The summed E-state index contributed by atoms with van der Waals surface area (Å²) >= 11 is 3.35. The van der Waals surface area contributed by atoms with Crippen molar-refractivity contribution in [2.75, 3.05) is 19.5 Å². The van der Waals surface area contributed by atoms with E-state index in [-0.39, 0.29) is 18.2 Å². The molecule has 2 aromatic rings. The maximum Gasteiger partial charge on any atom is 0.279 e. The van der Waals surface area contributed by atoms with Gasteiger partial charge in [-0.1, -0.05) is 46.3 Å². The average Bonchev–Trinajstić information content (AvgIpc) is 2.54. The van der Waals surface area contributed by atoms with Gasteiger partial charge < -0.3 is 5.32 Å². The van der Waals surface area contributed by atoms with Gasteiger partial charge in [-0.3, -0.25) is 14.4 Å². The minimum atomic E-state index is -0.338. The summed E-state index contributed by atoms with van der Waals surface area (Å²) in [5.41, 5.74) is 1.70. The molecule has 0 atom stereocenters. The molecule has 0 heterocycles. The lowest BCUT2D eigenvalue weighted by atomic mass is 10.1. The first-order valence-electron chi connectivity index (χ1n) is 6.96. The molecule has 120 valence electrons. The third kappa shape index (κ3) is 4.64. The molecule has 0 aliphatic carbocycles. The van der Waals surface area contributed by atoms with E-state index in [0.717, 1.165) is 15.1 Å². The molecule has 2 rings (SSSR count). The van der Waals surface area contributed by atoms with Crippen molar-refractivity contribution in [3.63, 3.8) is 0 Å². The number of carbonyl (C=O) groups excluding carboxylic acids is 2. The first kappa shape index (κ1) is 17.2. The van der Waals surface area contributed by atoms with Crippen LogP contribution in [0.2, 0.25) is 0 Å². The van der Waals surface area contributed by atoms with Crippen molar-refractivity contribution < 1.29 is 14.4 Å². The number of hydroxylamine groups is 2. The third-order valence-electron chi connectivity index (χ3n) is 3.25. The Labute approximate surface area is 143 Å². The maximum absolute atomic E-state index is 12.3. The number of benzene rings is 2. The average molecular weight is 377 g/mol. The van der Waals surface area contributed by atoms with E-state index >= 15 is 0 Å². The monoisotopic (exact) mass is 376 g/mol. The second-order valence-electron chi connectivity index (χ2n) is 4.89. The highest BCUT2D eigenvalue weighted by atomic mass is 79.9. The highest BCUT2D eigenvalue weighted by Crippen LogP contribution is 2.23. The molecule has 5 nitrogen and oxygen atoms in total. The van der Waals surface area contributed by atoms with Crippen molar-refractivity contribution in [2.45, 2.75) is 6.42 Å². The van der Waals surface area contributed by atoms with E-state index in [9.17, 15) is 9.59 Å². The lowest BCUT2D eigenvalue weighted by Crippen LogP contribution is -2.27. The number of carbonyl (C=O) groups is 2. The van der Waals surface area contributed by atoms with Crippen molar-refractivity contribution in [3.05, 3.63) is 64.1 Å². The predicted octanol–water partition coefficient (Wildman–Crippen LogP) is 3.26. The van der Waals surface area contributed by atoms with E-state index in [1.54, 1.807) is 18.2 Å². The molecule has 0 saturated carbocycles. The van der Waals surface area contributed by atoms with Crippen molar-refractivity contribution in [3.8, 4) is 0 Å². The fraction of sp³-hybridized carbons (Fsp3) is 0.176. The van der Waals surface area contributed by atoms with Crippen molar-refractivity contribution in [1.29, 1.82) is 0 Å². The summed E-state index contributed by atoms with van der Waals surface area (Å²) in [5, 5.41) is 3.89. The van der Waals surface area contributed by atoms with Crippen LogP contribution in [0.4, 0.5) is 5.69 Å². The van der Waals surface area contributed by atoms with Crippen molar-refractivity contribution in [2.24, 2.45) is 0 Å². The summed E-state index contributed by atoms with van der Waals surface area (Å²) < 4.78 is 0.768. The molecule has 1 N–H and O–H groups in total. The quantitative estimate of drug-likeness (QED) is 0.814. The van der Waals surface area contributed by atoms with Gasteiger partial charge in [0.25, 0.3) is 5.91 Å². The van der Waals surface area contributed by atoms with Gasteiger partial charge in [-0.15, -0.1) is 0 Å². The lowest BCUT2D eigenvalue weighted by Gasteiger charge is -2.17. The van der Waals surface area contributed by atoms with Crippen LogP contribution >= 0.6 is 15.9 Å². The molecule has 0 aliphatic rings. The number of nitrogens with zero attached hydrogens (tertiary/aromatic N) is 1. The number of hydrogen-bond acceptors (Lipinski definition) is 3. The Morgan fingerprint density at radius 3 is 2.52 bits per heavy atom. The maximum atomic E-state index is 12.3. The molecular formula is C17H17BrN2O3. The molecule has 0 fully saturated rings. The van der Waals surface area contributed by atoms with Crippen LogP contribution in [0.15, 0.2) is 53.0 Å². The van der Waals surface area contributed by atoms with Crippen LogP contribution < -0.4 is 5.32 Å². The van der Waals surface area contributed by atoms with Crippen LogP contribution in [-0.4, -0.2) is 31.0 Å². The Hall–Kier alpha value is -2.18. The van der Waals surface area contributed by atoms with Crippen LogP contribution in [-0.2, 0) is 16.1 Å². The molecule has 0 unspecified atom stereocenters. The minimum absolute atomic E-state index is 0.191. The molecule has 23 heavy (non-hydrogen) atoms. The van der Waals surface area contributed by atoms with E-state index in [1.165, 1.54) is 14.2 Å². The topological polar surface area (TPSA) is 58.6 Å². The van der Waals surface area contributed by atoms with E-state index < -0.39 is 0 Å². The largest absolute Gasteiger partial charge is 0.325 e. The smallest absolute Gasteiger partial charge is 0.279 e. The number of nitrogens with one attached hydrogen (secondary N) is 1. The molecule has 2 aromatic carbocycles. The normalized spacial score (nSPS) is 10.2. The van der Waals surface area contributed by atoms with Gasteiger partial charge in [0, 0.05) is 11.5 Å². The van der Waals surface area contributed by atoms with E-state index in [0.29, 0.717) is 11.3 Å². The highest BCUT2D eigenvalue weighted by molar-refractivity contribution is 9.10. The summed E-state index contributed by atoms with van der Waals surface area (Å²) in [6, 6.07) is 14.5. The van der Waals surface area contributed by atoms with Gasteiger partial charge in [0.15, 0.2) is 0 Å². The van der Waals surface area contributed by atoms with Crippen molar-refractivity contribution >= 4 is 33.4 Å². The molecule has 2 amide bonds. The highest BCUT2D eigenvalue weighted by Gasteiger charge is 2.17. The van der Waals surface area contributed by atoms with Gasteiger partial charge in [0.05, 0.1) is 24.8 Å². The van der Waals surface area contributed by atoms with Crippen LogP contribution in [0.1, 0.15) is 15.9 Å². The molecule has 0 radical (unpaired) electrons. The molecule has 0 bridgehead atoms. The Balaban J connectivity index is 2.19. The van der Waals surface area contributed by atoms with Gasteiger partial charge in [0.1, 0.15) is 0 Å². The molecule has 0 aromatic heterocycles. The first-order valence-corrected chi connectivity index (χ1v) is 7.76. The fourth-order valence-electron chi connectivity index (χ4n) is 2.03. The zero-order valence-corrected chi connectivity index (χ0v) is 14.5. The van der Waals surface area contributed by atoms with Gasteiger partial charge in [0.2, 0.25) is 5.91 Å².